The van der Waals surface area contributed by atoms with Crippen molar-refractivity contribution in [2.24, 2.45) is 0 Å². The largest absolute Gasteiger partial charge is 0.323 e. The van der Waals surface area contributed by atoms with Crippen molar-refractivity contribution in [1.29, 1.82) is 0 Å². The number of rotatable bonds is 4. The fraction of sp³-hybridized carbons (Fsp3) is 0. The lowest BCUT2D eigenvalue weighted by molar-refractivity contribution is 1.20. The highest BCUT2D eigenvalue weighted by atomic mass is 32.1. The molecule has 0 amide bonds. The summed E-state index contributed by atoms with van der Waals surface area (Å²) in [4.78, 5) is 2.42. The van der Waals surface area contributed by atoms with E-state index in [9.17, 15) is 0 Å². The second-order valence-electron chi connectivity index (χ2n) is 13.1. The van der Waals surface area contributed by atoms with Gasteiger partial charge in [0.1, 0.15) is 0 Å². The number of anilines is 3. The lowest BCUT2D eigenvalue weighted by Gasteiger charge is -2.26. The van der Waals surface area contributed by atoms with E-state index in [2.05, 4.69) is 179 Å². The molecule has 0 spiro atoms. The monoisotopic (exact) mass is 672 g/mol. The fourth-order valence-corrected chi connectivity index (χ4v) is 9.98. The van der Waals surface area contributed by atoms with Crippen molar-refractivity contribution in [2.45, 2.75) is 0 Å². The molecule has 50 heavy (non-hydrogen) atoms. The first-order chi connectivity index (χ1) is 24.7. The molecule has 4 heteroatoms. The van der Waals surface area contributed by atoms with Crippen molar-refractivity contribution in [3.63, 3.8) is 0 Å². The average Bonchev–Trinajstić information content (AvgIpc) is 3.85. The summed E-state index contributed by atoms with van der Waals surface area (Å²) < 4.78 is 7.42. The number of hydrogen-bond donors (Lipinski definition) is 0. The molecule has 0 aliphatic carbocycles. The Bertz CT molecular complexity index is 2920. The summed E-state index contributed by atoms with van der Waals surface area (Å²) in [6.07, 6.45) is 4.31. The zero-order valence-corrected chi connectivity index (χ0v) is 28.5. The summed E-state index contributed by atoms with van der Waals surface area (Å²) in [5.41, 5.74) is 7.06. The van der Waals surface area contributed by atoms with Crippen LogP contribution in [0.15, 0.2) is 170 Å². The molecule has 0 saturated carbocycles. The summed E-state index contributed by atoms with van der Waals surface area (Å²) >= 11 is 3.76. The van der Waals surface area contributed by atoms with Gasteiger partial charge in [-0.15, -0.1) is 22.7 Å². The van der Waals surface area contributed by atoms with Gasteiger partial charge in [0.05, 0.1) is 0 Å². The SMILES string of the molecule is c1ccc2cc3c(cc2c1)sc1cc(N(c2ccc(-c4cc5ccccn5c4)cc2)c2ccc4c(c2)sc2cc5ccccc5cc24)ccc13. The van der Waals surface area contributed by atoms with Crippen LogP contribution in [0.5, 0.6) is 0 Å². The molecule has 0 aliphatic heterocycles. The van der Waals surface area contributed by atoms with Crippen LogP contribution in [0.1, 0.15) is 0 Å². The van der Waals surface area contributed by atoms with Gasteiger partial charge in [0.25, 0.3) is 0 Å². The van der Waals surface area contributed by atoms with E-state index in [1.807, 2.05) is 22.7 Å². The van der Waals surface area contributed by atoms with E-state index in [1.165, 1.54) is 78.5 Å². The number of aromatic nitrogens is 1. The van der Waals surface area contributed by atoms with Crippen molar-refractivity contribution < 1.29 is 0 Å². The van der Waals surface area contributed by atoms with Gasteiger partial charge in [-0.05, 0) is 106 Å². The van der Waals surface area contributed by atoms with Gasteiger partial charge in [0.15, 0.2) is 0 Å². The van der Waals surface area contributed by atoms with Gasteiger partial charge in [0, 0.05) is 80.9 Å². The maximum atomic E-state index is 2.42. The molecule has 4 heterocycles. The van der Waals surface area contributed by atoms with Gasteiger partial charge in [-0.25, -0.2) is 0 Å². The van der Waals surface area contributed by atoms with Crippen molar-refractivity contribution >= 4 is 107 Å². The minimum absolute atomic E-state index is 1.13. The molecule has 0 unspecified atom stereocenters. The van der Waals surface area contributed by atoms with Crippen molar-refractivity contribution in [3.05, 3.63) is 170 Å². The molecule has 0 aliphatic rings. The molecule has 2 nitrogen and oxygen atoms in total. The van der Waals surface area contributed by atoms with Crippen LogP contribution < -0.4 is 4.90 Å². The predicted octanol–water partition coefficient (Wildman–Crippen LogP) is 14.1. The van der Waals surface area contributed by atoms with Crippen molar-refractivity contribution in [3.8, 4) is 11.1 Å². The maximum Gasteiger partial charge on any atom is 0.0476 e. The van der Waals surface area contributed by atoms with Crippen LogP contribution in [0.4, 0.5) is 17.1 Å². The second kappa shape index (κ2) is 10.8. The Hall–Kier alpha value is -5.94. The van der Waals surface area contributed by atoms with Crippen LogP contribution in [0.25, 0.3) is 78.5 Å². The van der Waals surface area contributed by atoms with Crippen LogP contribution in [-0.2, 0) is 0 Å². The summed E-state index contributed by atoms with van der Waals surface area (Å²) in [5.74, 6) is 0. The van der Waals surface area contributed by atoms with Crippen LogP contribution in [0, 0.1) is 0 Å². The number of hydrogen-bond acceptors (Lipinski definition) is 3. The second-order valence-corrected chi connectivity index (χ2v) is 15.3. The molecule has 0 N–H and O–H groups in total. The first-order valence-corrected chi connectivity index (χ1v) is 18.5. The first kappa shape index (κ1) is 28.0. The molecule has 0 fully saturated rings. The zero-order valence-electron chi connectivity index (χ0n) is 26.9. The lowest BCUT2D eigenvalue weighted by atomic mass is 10.0. The van der Waals surface area contributed by atoms with Gasteiger partial charge in [0.2, 0.25) is 0 Å². The zero-order chi connectivity index (χ0) is 32.8. The van der Waals surface area contributed by atoms with E-state index in [4.69, 9.17) is 0 Å². The molecule has 4 aromatic heterocycles. The summed E-state index contributed by atoms with van der Waals surface area (Å²) in [7, 11) is 0. The van der Waals surface area contributed by atoms with Crippen LogP contribution >= 0.6 is 22.7 Å². The molecule has 11 rings (SSSR count). The molecule has 0 radical (unpaired) electrons. The number of fused-ring (bicyclic) bond motifs is 9. The number of benzene rings is 7. The lowest BCUT2D eigenvalue weighted by Crippen LogP contribution is -2.09. The van der Waals surface area contributed by atoms with Gasteiger partial charge >= 0.3 is 0 Å². The predicted molar refractivity (Wildman–Crippen MR) is 218 cm³/mol. The smallest absolute Gasteiger partial charge is 0.0476 e. The van der Waals surface area contributed by atoms with Gasteiger partial charge in [-0.2, -0.15) is 0 Å². The summed E-state index contributed by atoms with van der Waals surface area (Å²) in [6.45, 7) is 0. The first-order valence-electron chi connectivity index (χ1n) is 16.9. The Kier molecular flexibility index (Phi) is 6.03. The molecular weight excluding hydrogens is 645 g/mol. The van der Waals surface area contributed by atoms with E-state index in [1.54, 1.807) is 0 Å². The summed E-state index contributed by atoms with van der Waals surface area (Å²) in [6, 6.07) is 58.3. The Morgan fingerprint density at radius 2 is 0.880 bits per heavy atom. The Labute approximate surface area is 296 Å². The molecule has 0 saturated heterocycles. The fourth-order valence-electron chi connectivity index (χ4n) is 7.64. The molecule has 0 atom stereocenters. The summed E-state index contributed by atoms with van der Waals surface area (Å²) in [5, 5.41) is 10.4. The normalized spacial score (nSPS) is 12.0. The number of thiophene rings is 2. The third kappa shape index (κ3) is 4.39. The van der Waals surface area contributed by atoms with E-state index >= 15 is 0 Å². The third-order valence-electron chi connectivity index (χ3n) is 10.1. The Morgan fingerprint density at radius 3 is 1.44 bits per heavy atom. The van der Waals surface area contributed by atoms with E-state index in [0.717, 1.165) is 17.1 Å². The molecule has 11 aromatic rings. The third-order valence-corrected chi connectivity index (χ3v) is 12.4. The number of pyridine rings is 1. The van der Waals surface area contributed by atoms with E-state index < -0.39 is 0 Å². The molecule has 234 valence electrons. The Morgan fingerprint density at radius 1 is 0.380 bits per heavy atom. The van der Waals surface area contributed by atoms with Crippen molar-refractivity contribution in [1.82, 2.24) is 4.40 Å². The van der Waals surface area contributed by atoms with Crippen molar-refractivity contribution in [2.75, 3.05) is 4.90 Å². The maximum absolute atomic E-state index is 2.42. The van der Waals surface area contributed by atoms with Gasteiger partial charge in [-0.3, -0.25) is 0 Å². The van der Waals surface area contributed by atoms with Gasteiger partial charge < -0.3 is 9.30 Å². The molecular formula is C46H28N2S2. The molecule has 7 aromatic carbocycles. The molecule has 0 bridgehead atoms. The van der Waals surface area contributed by atoms with E-state index in [-0.39, 0.29) is 0 Å². The van der Waals surface area contributed by atoms with Crippen LogP contribution in [0.2, 0.25) is 0 Å². The van der Waals surface area contributed by atoms with Crippen LogP contribution in [0.3, 0.4) is 0 Å². The highest BCUT2D eigenvalue weighted by Gasteiger charge is 2.17. The Balaban J connectivity index is 1.08. The minimum atomic E-state index is 1.13. The highest BCUT2D eigenvalue weighted by Crippen LogP contribution is 2.44. The number of nitrogens with zero attached hydrogens (tertiary/aromatic N) is 2. The topological polar surface area (TPSA) is 7.65 Å². The average molecular weight is 673 g/mol. The minimum Gasteiger partial charge on any atom is -0.323 e. The van der Waals surface area contributed by atoms with Crippen LogP contribution in [-0.4, -0.2) is 4.40 Å². The standard InChI is InChI=1S/C46H28N2S2/c1-3-9-32-24-43-41(22-30(32)7-1)39-18-16-37(26-45(39)49-43)48(35-14-12-29(13-15-35)34-21-36-11-5-6-20-47(36)28-34)38-17-19-40-42-23-31-8-2-4-10-33(31)25-44(42)50-46(40)27-38/h1-28H. The highest BCUT2D eigenvalue weighted by molar-refractivity contribution is 7.26. The van der Waals surface area contributed by atoms with E-state index in [0.29, 0.717) is 0 Å². The quantitative estimate of drug-likeness (QED) is 0.181. The van der Waals surface area contributed by atoms with Gasteiger partial charge in [-0.1, -0.05) is 78.9 Å².